The Morgan fingerprint density at radius 3 is 2.48 bits per heavy atom. The van der Waals surface area contributed by atoms with E-state index in [4.69, 9.17) is 5.73 Å². The number of likely N-dealkylation sites (tertiary alicyclic amines) is 1. The first-order valence-electron chi connectivity index (χ1n) is 7.02. The first-order valence-corrected chi connectivity index (χ1v) is 7.02. The van der Waals surface area contributed by atoms with Crippen molar-refractivity contribution in [1.29, 1.82) is 0 Å². The van der Waals surface area contributed by atoms with Gasteiger partial charge < -0.3 is 10.6 Å². The Morgan fingerprint density at radius 2 is 1.95 bits per heavy atom. The average molecular weight is 300 g/mol. The number of allylic oxidation sites excluding steroid dienone is 4. The fraction of sp³-hybridized carbons (Fsp3) is 0.533. The van der Waals surface area contributed by atoms with Crippen LogP contribution in [0, 0.1) is 5.92 Å². The highest BCUT2D eigenvalue weighted by Crippen LogP contribution is 2.33. The number of piperidine rings is 1. The van der Waals surface area contributed by atoms with E-state index in [1.165, 1.54) is 6.08 Å². The molecule has 0 radical (unpaired) electrons. The van der Waals surface area contributed by atoms with Crippen molar-refractivity contribution in [2.45, 2.75) is 32.4 Å². The van der Waals surface area contributed by atoms with Crippen LogP contribution in [0.5, 0.6) is 0 Å². The van der Waals surface area contributed by atoms with E-state index in [0.29, 0.717) is 24.7 Å². The third-order valence-electron chi connectivity index (χ3n) is 3.97. The number of alkyl halides is 3. The van der Waals surface area contributed by atoms with Crippen molar-refractivity contribution in [2.75, 3.05) is 13.1 Å². The highest BCUT2D eigenvalue weighted by atomic mass is 19.4. The zero-order chi connectivity index (χ0) is 15.6. The lowest BCUT2D eigenvalue weighted by Gasteiger charge is -2.34. The lowest BCUT2D eigenvalue weighted by Crippen LogP contribution is -2.34. The van der Waals surface area contributed by atoms with Gasteiger partial charge in [-0.25, -0.2) is 0 Å². The van der Waals surface area contributed by atoms with Crippen molar-refractivity contribution in [3.05, 3.63) is 35.1 Å². The molecule has 3 nitrogen and oxygen atoms in total. The second-order valence-corrected chi connectivity index (χ2v) is 5.60. The third kappa shape index (κ3) is 3.68. The fourth-order valence-electron chi connectivity index (χ4n) is 2.63. The maximum atomic E-state index is 13.0. The highest BCUT2D eigenvalue weighted by Gasteiger charge is 2.34. The van der Waals surface area contributed by atoms with Crippen LogP contribution in [0.25, 0.3) is 0 Å². The summed E-state index contributed by atoms with van der Waals surface area (Å²) in [4.78, 5) is 13.4. The van der Waals surface area contributed by atoms with Gasteiger partial charge in [-0.1, -0.05) is 19.1 Å². The molecule has 1 saturated heterocycles. The van der Waals surface area contributed by atoms with E-state index in [1.807, 2.05) is 4.90 Å². The quantitative estimate of drug-likeness (QED) is 0.852. The molecular formula is C15H19F3N2O. The largest absolute Gasteiger partial charge is 0.416 e. The smallest absolute Gasteiger partial charge is 0.371 e. The van der Waals surface area contributed by atoms with Gasteiger partial charge >= 0.3 is 6.18 Å². The molecular weight excluding hydrogens is 281 g/mol. The molecule has 6 heteroatoms. The van der Waals surface area contributed by atoms with E-state index >= 15 is 0 Å². The molecule has 116 valence electrons. The van der Waals surface area contributed by atoms with E-state index in [1.54, 1.807) is 0 Å². The summed E-state index contributed by atoms with van der Waals surface area (Å²) in [5.41, 5.74) is 5.18. The number of nitrogens with two attached hydrogens (primary N) is 1. The highest BCUT2D eigenvalue weighted by molar-refractivity contribution is 5.93. The van der Waals surface area contributed by atoms with Gasteiger partial charge in [0, 0.05) is 24.4 Å². The predicted molar refractivity (Wildman–Crippen MR) is 74.1 cm³/mol. The molecule has 0 aromatic carbocycles. The van der Waals surface area contributed by atoms with Crippen LogP contribution in [0.1, 0.15) is 26.2 Å². The molecule has 1 aliphatic carbocycles. The maximum Gasteiger partial charge on any atom is 0.416 e. The van der Waals surface area contributed by atoms with Crippen LogP contribution in [0.3, 0.4) is 0 Å². The molecule has 2 aliphatic rings. The summed E-state index contributed by atoms with van der Waals surface area (Å²) in [6, 6.07) is 0. The SMILES string of the molecule is CC1CCN(C2=C(C(N)=O)CC=CC(C(F)(F)F)=C2)CC1. The number of halogens is 3. The van der Waals surface area contributed by atoms with Crippen molar-refractivity contribution in [3.8, 4) is 0 Å². The van der Waals surface area contributed by atoms with Gasteiger partial charge in [0.05, 0.1) is 5.57 Å². The Kier molecular flexibility index (Phi) is 4.44. The Labute approximate surface area is 122 Å². The zero-order valence-electron chi connectivity index (χ0n) is 11.9. The standard InChI is InChI=1S/C15H19F3N2O/c1-10-5-7-20(8-6-10)13-9-11(15(16,17)18)3-2-4-12(13)14(19)21/h2-3,9-10H,4-8H2,1H3,(H2,19,21). The molecule has 1 amide bonds. The molecule has 1 heterocycles. The number of nitrogens with zero attached hydrogens (tertiary/aromatic N) is 1. The van der Waals surface area contributed by atoms with E-state index in [-0.39, 0.29) is 12.0 Å². The predicted octanol–water partition coefficient (Wildman–Crippen LogP) is 2.91. The van der Waals surface area contributed by atoms with Gasteiger partial charge in [0.1, 0.15) is 0 Å². The normalized spacial score (nSPS) is 21.3. The monoisotopic (exact) mass is 300 g/mol. The fourth-order valence-corrected chi connectivity index (χ4v) is 2.63. The average Bonchev–Trinajstić information content (AvgIpc) is 2.61. The molecule has 0 spiro atoms. The Hall–Kier alpha value is -1.72. The summed E-state index contributed by atoms with van der Waals surface area (Å²) < 4.78 is 38.9. The number of carbonyl (C=O) groups excluding carboxylic acids is 1. The van der Waals surface area contributed by atoms with Crippen molar-refractivity contribution >= 4 is 5.91 Å². The van der Waals surface area contributed by atoms with E-state index in [0.717, 1.165) is 25.0 Å². The lowest BCUT2D eigenvalue weighted by atomic mass is 9.97. The first-order chi connectivity index (χ1) is 9.79. The van der Waals surface area contributed by atoms with Gasteiger partial charge in [-0.15, -0.1) is 0 Å². The van der Waals surface area contributed by atoms with Gasteiger partial charge in [-0.3, -0.25) is 4.79 Å². The van der Waals surface area contributed by atoms with Crippen molar-refractivity contribution in [3.63, 3.8) is 0 Å². The van der Waals surface area contributed by atoms with Gasteiger partial charge in [0.2, 0.25) is 5.91 Å². The molecule has 0 aromatic heterocycles. The van der Waals surface area contributed by atoms with Gasteiger partial charge in [-0.05, 0) is 31.3 Å². The third-order valence-corrected chi connectivity index (χ3v) is 3.97. The molecule has 2 rings (SSSR count). The molecule has 1 aliphatic heterocycles. The summed E-state index contributed by atoms with van der Waals surface area (Å²) in [7, 11) is 0. The molecule has 0 aromatic rings. The molecule has 2 N–H and O–H groups in total. The topological polar surface area (TPSA) is 46.3 Å². The van der Waals surface area contributed by atoms with Crippen LogP contribution in [-0.4, -0.2) is 30.1 Å². The Balaban J connectivity index is 2.40. The minimum atomic E-state index is -4.43. The number of rotatable bonds is 2. The van der Waals surface area contributed by atoms with E-state index in [2.05, 4.69) is 6.92 Å². The van der Waals surface area contributed by atoms with Gasteiger partial charge in [-0.2, -0.15) is 13.2 Å². The summed E-state index contributed by atoms with van der Waals surface area (Å²) >= 11 is 0. The lowest BCUT2D eigenvalue weighted by molar-refractivity contribution is -0.114. The zero-order valence-corrected chi connectivity index (χ0v) is 11.9. The Bertz CT molecular complexity index is 510. The molecule has 0 bridgehead atoms. The Morgan fingerprint density at radius 1 is 1.33 bits per heavy atom. The second kappa shape index (κ2) is 5.95. The van der Waals surface area contributed by atoms with Crippen LogP contribution >= 0.6 is 0 Å². The number of hydrogen-bond donors (Lipinski definition) is 1. The molecule has 1 fully saturated rings. The summed E-state index contributed by atoms with van der Waals surface area (Å²) in [5.74, 6) is -0.109. The minimum Gasteiger partial charge on any atom is -0.371 e. The summed E-state index contributed by atoms with van der Waals surface area (Å²) in [6.07, 6.45) is 0.919. The van der Waals surface area contributed by atoms with Crippen LogP contribution in [0.4, 0.5) is 13.2 Å². The van der Waals surface area contributed by atoms with Gasteiger partial charge in [0.15, 0.2) is 0 Å². The van der Waals surface area contributed by atoms with Crippen LogP contribution in [0.15, 0.2) is 35.1 Å². The van der Waals surface area contributed by atoms with Crippen molar-refractivity contribution < 1.29 is 18.0 Å². The first kappa shape index (κ1) is 15.7. The number of primary amides is 1. The number of hydrogen-bond acceptors (Lipinski definition) is 2. The second-order valence-electron chi connectivity index (χ2n) is 5.60. The molecule has 0 unspecified atom stereocenters. The van der Waals surface area contributed by atoms with Crippen molar-refractivity contribution in [1.82, 2.24) is 4.90 Å². The maximum absolute atomic E-state index is 13.0. The summed E-state index contributed by atoms with van der Waals surface area (Å²) in [5, 5.41) is 0. The van der Waals surface area contributed by atoms with E-state index in [9.17, 15) is 18.0 Å². The van der Waals surface area contributed by atoms with Crippen molar-refractivity contribution in [2.24, 2.45) is 11.7 Å². The number of carbonyl (C=O) groups is 1. The summed E-state index contributed by atoms with van der Waals surface area (Å²) in [6.45, 7) is 3.41. The van der Waals surface area contributed by atoms with Crippen LogP contribution < -0.4 is 5.73 Å². The minimum absolute atomic E-state index is 0.132. The molecule has 21 heavy (non-hydrogen) atoms. The number of amides is 1. The van der Waals surface area contributed by atoms with E-state index < -0.39 is 17.7 Å². The molecule has 0 atom stereocenters. The van der Waals surface area contributed by atoms with Crippen LogP contribution in [0.2, 0.25) is 0 Å². The van der Waals surface area contributed by atoms with Gasteiger partial charge in [0.25, 0.3) is 0 Å². The molecule has 0 saturated carbocycles. The van der Waals surface area contributed by atoms with Crippen LogP contribution in [-0.2, 0) is 4.79 Å².